The van der Waals surface area contributed by atoms with Gasteiger partial charge in [-0.05, 0) is 76.5 Å². The van der Waals surface area contributed by atoms with Crippen LogP contribution < -0.4 is 5.43 Å². The molecule has 0 unspecified atom stereocenters. The molecular weight excluding hydrogens is 326 g/mol. The van der Waals surface area contributed by atoms with Crippen LogP contribution in [0.25, 0.3) is 0 Å². The van der Waals surface area contributed by atoms with Crippen molar-refractivity contribution < 1.29 is 5.11 Å². The van der Waals surface area contributed by atoms with Gasteiger partial charge >= 0.3 is 0 Å². The maximum atomic E-state index is 10.2. The third-order valence-corrected chi connectivity index (χ3v) is 4.65. The van der Waals surface area contributed by atoms with Gasteiger partial charge in [0.2, 0.25) is 5.95 Å². The fraction of sp³-hybridized carbons (Fsp3) is 0.450. The molecule has 0 aliphatic carbocycles. The molecule has 3 rings (SSSR count). The highest BCUT2D eigenvalue weighted by Crippen LogP contribution is 2.22. The van der Waals surface area contributed by atoms with Gasteiger partial charge in [0.25, 0.3) is 0 Å². The van der Waals surface area contributed by atoms with E-state index in [2.05, 4.69) is 25.4 Å². The molecule has 1 aliphatic rings. The molecule has 0 amide bonds. The first-order valence-corrected chi connectivity index (χ1v) is 9.18. The Balaban J connectivity index is 1.73. The van der Waals surface area contributed by atoms with Crippen LogP contribution in [0.1, 0.15) is 48.7 Å². The average molecular weight is 353 g/mol. The van der Waals surface area contributed by atoms with Crippen molar-refractivity contribution >= 4 is 11.7 Å². The van der Waals surface area contributed by atoms with Crippen molar-refractivity contribution in [2.45, 2.75) is 46.6 Å². The minimum atomic E-state index is 0.345. The Bertz CT molecular complexity index is 777. The van der Waals surface area contributed by atoms with E-state index in [4.69, 9.17) is 0 Å². The number of aryl methyl sites for hydroxylation is 2. The zero-order valence-electron chi connectivity index (χ0n) is 15.8. The smallest absolute Gasteiger partial charge is 0.243 e. The van der Waals surface area contributed by atoms with Gasteiger partial charge in [-0.25, -0.2) is 15.4 Å². The van der Waals surface area contributed by atoms with Gasteiger partial charge in [0.1, 0.15) is 5.75 Å². The number of nitrogens with zero attached hydrogens (tertiary/aromatic N) is 4. The van der Waals surface area contributed by atoms with Gasteiger partial charge < -0.3 is 5.11 Å². The Labute approximate surface area is 155 Å². The fourth-order valence-electron chi connectivity index (χ4n) is 3.27. The molecule has 2 aromatic rings. The van der Waals surface area contributed by atoms with Gasteiger partial charge in [-0.3, -0.25) is 4.90 Å². The highest BCUT2D eigenvalue weighted by Gasteiger charge is 2.13. The second-order valence-corrected chi connectivity index (χ2v) is 6.96. The molecule has 1 saturated heterocycles. The summed E-state index contributed by atoms with van der Waals surface area (Å²) in [6.07, 6.45) is 3.78. The zero-order valence-corrected chi connectivity index (χ0v) is 15.8. The maximum absolute atomic E-state index is 10.2. The van der Waals surface area contributed by atoms with Crippen molar-refractivity contribution in [1.82, 2.24) is 14.9 Å². The molecule has 0 radical (unpaired) electrons. The molecule has 26 heavy (non-hydrogen) atoms. The SMILES string of the molecule is CC(=NNc1nc(C)cc(C)n1)c1ccc(O)c(CN2CCCCC2)c1. The number of hydrazone groups is 1. The number of hydrogen-bond acceptors (Lipinski definition) is 6. The largest absolute Gasteiger partial charge is 0.508 e. The summed E-state index contributed by atoms with van der Waals surface area (Å²) in [5.74, 6) is 0.840. The number of piperidine rings is 1. The number of aromatic hydroxyl groups is 1. The van der Waals surface area contributed by atoms with Gasteiger partial charge in [-0.2, -0.15) is 5.10 Å². The first-order chi connectivity index (χ1) is 12.5. The predicted molar refractivity (Wildman–Crippen MR) is 105 cm³/mol. The minimum Gasteiger partial charge on any atom is -0.508 e. The number of nitrogens with one attached hydrogen (secondary N) is 1. The second kappa shape index (κ2) is 8.27. The summed E-state index contributed by atoms with van der Waals surface area (Å²) in [6, 6.07) is 7.58. The number of anilines is 1. The number of aromatic nitrogens is 2. The molecule has 0 saturated carbocycles. The molecule has 1 fully saturated rings. The molecule has 1 aromatic carbocycles. The Hall–Kier alpha value is -2.47. The van der Waals surface area contributed by atoms with Crippen LogP contribution in [-0.4, -0.2) is 38.8 Å². The van der Waals surface area contributed by atoms with Crippen LogP contribution in [0, 0.1) is 13.8 Å². The van der Waals surface area contributed by atoms with Crippen molar-refractivity contribution in [3.63, 3.8) is 0 Å². The van der Waals surface area contributed by atoms with E-state index in [-0.39, 0.29) is 0 Å². The summed E-state index contributed by atoms with van der Waals surface area (Å²) >= 11 is 0. The van der Waals surface area contributed by atoms with Crippen molar-refractivity contribution in [2.75, 3.05) is 18.5 Å². The Morgan fingerprint density at radius 2 is 1.81 bits per heavy atom. The lowest BCUT2D eigenvalue weighted by atomic mass is 10.0. The third-order valence-electron chi connectivity index (χ3n) is 4.65. The van der Waals surface area contributed by atoms with Gasteiger partial charge in [0.15, 0.2) is 0 Å². The van der Waals surface area contributed by atoms with Crippen LogP contribution in [0.3, 0.4) is 0 Å². The number of phenols is 1. The van der Waals surface area contributed by atoms with Crippen LogP contribution in [0.4, 0.5) is 5.95 Å². The van der Waals surface area contributed by atoms with Crippen LogP contribution in [0.2, 0.25) is 0 Å². The van der Waals surface area contributed by atoms with E-state index in [1.807, 2.05) is 39.0 Å². The highest BCUT2D eigenvalue weighted by molar-refractivity contribution is 5.99. The second-order valence-electron chi connectivity index (χ2n) is 6.96. The summed E-state index contributed by atoms with van der Waals surface area (Å²) < 4.78 is 0. The average Bonchev–Trinajstić information content (AvgIpc) is 2.61. The minimum absolute atomic E-state index is 0.345. The Kier molecular flexibility index (Phi) is 5.83. The molecule has 2 heterocycles. The van der Waals surface area contributed by atoms with E-state index >= 15 is 0 Å². The standard InChI is InChI=1S/C20H27N5O/c1-14-11-15(2)22-20(21-14)24-23-16(3)17-7-8-19(26)18(12-17)13-25-9-5-4-6-10-25/h7-8,11-12,26H,4-6,9-10,13H2,1-3H3,(H,21,22,24). The molecule has 6 heteroatoms. The maximum Gasteiger partial charge on any atom is 0.243 e. The Morgan fingerprint density at radius 3 is 2.50 bits per heavy atom. The molecule has 6 nitrogen and oxygen atoms in total. The van der Waals surface area contributed by atoms with Crippen molar-refractivity contribution in [1.29, 1.82) is 0 Å². The highest BCUT2D eigenvalue weighted by atomic mass is 16.3. The number of likely N-dealkylation sites (tertiary alicyclic amines) is 1. The summed E-state index contributed by atoms with van der Waals surface area (Å²) in [7, 11) is 0. The van der Waals surface area contributed by atoms with Crippen LogP contribution >= 0.6 is 0 Å². The van der Waals surface area contributed by atoms with Gasteiger partial charge in [0, 0.05) is 23.5 Å². The van der Waals surface area contributed by atoms with E-state index < -0.39 is 0 Å². The number of benzene rings is 1. The van der Waals surface area contributed by atoms with Gasteiger partial charge in [0.05, 0.1) is 5.71 Å². The number of hydrogen-bond donors (Lipinski definition) is 2. The van der Waals surface area contributed by atoms with Crippen LogP contribution in [-0.2, 0) is 6.54 Å². The van der Waals surface area contributed by atoms with E-state index in [0.717, 1.165) is 47.9 Å². The van der Waals surface area contributed by atoms with E-state index in [9.17, 15) is 5.11 Å². The predicted octanol–water partition coefficient (Wildman–Crippen LogP) is 3.62. The van der Waals surface area contributed by atoms with E-state index in [1.54, 1.807) is 6.07 Å². The molecule has 2 N–H and O–H groups in total. The van der Waals surface area contributed by atoms with E-state index in [0.29, 0.717) is 11.7 Å². The molecule has 0 bridgehead atoms. The molecule has 138 valence electrons. The van der Waals surface area contributed by atoms with Crippen LogP contribution in [0.5, 0.6) is 5.75 Å². The molecule has 0 atom stereocenters. The normalized spacial score (nSPS) is 15.9. The van der Waals surface area contributed by atoms with Crippen molar-refractivity contribution in [3.8, 4) is 5.75 Å². The summed E-state index contributed by atoms with van der Waals surface area (Å²) in [6.45, 7) is 8.78. The number of rotatable bonds is 5. The molecular formula is C20H27N5O. The summed E-state index contributed by atoms with van der Waals surface area (Å²) in [5, 5.41) is 14.6. The lowest BCUT2D eigenvalue weighted by Crippen LogP contribution is -2.29. The van der Waals surface area contributed by atoms with Gasteiger partial charge in [-0.1, -0.05) is 6.42 Å². The quantitative estimate of drug-likeness (QED) is 0.634. The van der Waals surface area contributed by atoms with Crippen molar-refractivity contribution in [2.24, 2.45) is 5.10 Å². The molecule has 1 aromatic heterocycles. The Morgan fingerprint density at radius 1 is 1.12 bits per heavy atom. The molecule has 1 aliphatic heterocycles. The van der Waals surface area contributed by atoms with Gasteiger partial charge in [-0.15, -0.1) is 0 Å². The monoisotopic (exact) mass is 353 g/mol. The first-order valence-electron chi connectivity index (χ1n) is 9.18. The van der Waals surface area contributed by atoms with Crippen molar-refractivity contribution in [3.05, 3.63) is 46.8 Å². The number of phenolic OH excluding ortho intramolecular Hbond substituents is 1. The zero-order chi connectivity index (χ0) is 18.5. The fourth-order valence-corrected chi connectivity index (χ4v) is 3.27. The van der Waals surface area contributed by atoms with Crippen LogP contribution in [0.15, 0.2) is 29.4 Å². The summed E-state index contributed by atoms with van der Waals surface area (Å²) in [4.78, 5) is 11.1. The first kappa shape index (κ1) is 18.3. The third kappa shape index (κ3) is 4.79. The summed E-state index contributed by atoms with van der Waals surface area (Å²) in [5.41, 5.74) is 7.49. The molecule has 0 spiro atoms. The topological polar surface area (TPSA) is 73.6 Å². The van der Waals surface area contributed by atoms with E-state index in [1.165, 1.54) is 19.3 Å². The lowest BCUT2D eigenvalue weighted by Gasteiger charge is -2.26. The lowest BCUT2D eigenvalue weighted by molar-refractivity contribution is 0.218.